The lowest BCUT2D eigenvalue weighted by Crippen LogP contribution is -2.37. The molecule has 1 heterocycles. The van der Waals surface area contributed by atoms with Crippen molar-refractivity contribution in [3.63, 3.8) is 0 Å². The summed E-state index contributed by atoms with van der Waals surface area (Å²) < 4.78 is 0. The van der Waals surface area contributed by atoms with Crippen molar-refractivity contribution < 1.29 is 14.7 Å². The van der Waals surface area contributed by atoms with Gasteiger partial charge in [-0.05, 0) is 12.3 Å². The van der Waals surface area contributed by atoms with Crippen LogP contribution in [0.2, 0.25) is 0 Å². The molecule has 1 rings (SSSR count). The maximum absolute atomic E-state index is 11.7. The molecule has 0 aliphatic carbocycles. The molecular formula is C13H22N2O3. The highest BCUT2D eigenvalue weighted by Gasteiger charge is 2.25. The van der Waals surface area contributed by atoms with Crippen LogP contribution >= 0.6 is 0 Å². The number of hydrazone groups is 1. The number of hydrogen-bond donors (Lipinski definition) is 1. The molecule has 0 fully saturated rings. The maximum atomic E-state index is 11.7. The molecule has 1 atom stereocenters. The van der Waals surface area contributed by atoms with Crippen molar-refractivity contribution in [2.45, 2.75) is 52.4 Å². The van der Waals surface area contributed by atoms with Crippen LogP contribution in [0.15, 0.2) is 5.10 Å². The first-order chi connectivity index (χ1) is 8.58. The van der Waals surface area contributed by atoms with Crippen molar-refractivity contribution >= 4 is 17.6 Å². The molecule has 1 amide bonds. The average molecular weight is 254 g/mol. The van der Waals surface area contributed by atoms with Gasteiger partial charge >= 0.3 is 5.97 Å². The van der Waals surface area contributed by atoms with E-state index in [9.17, 15) is 9.59 Å². The summed E-state index contributed by atoms with van der Waals surface area (Å²) in [6.45, 7) is 4.78. The molecule has 0 aromatic rings. The molecule has 102 valence electrons. The second-order valence-corrected chi connectivity index (χ2v) is 4.74. The van der Waals surface area contributed by atoms with Gasteiger partial charge in [-0.25, -0.2) is 9.80 Å². The lowest BCUT2D eigenvalue weighted by Gasteiger charge is -2.26. The molecule has 1 unspecified atom stereocenters. The number of hydrogen-bond acceptors (Lipinski definition) is 3. The fraction of sp³-hybridized carbons (Fsp3) is 0.769. The molecule has 0 aromatic carbocycles. The fourth-order valence-corrected chi connectivity index (χ4v) is 2.06. The van der Waals surface area contributed by atoms with Gasteiger partial charge in [0, 0.05) is 19.4 Å². The molecule has 0 spiro atoms. The molecule has 1 N–H and O–H groups in total. The smallest absolute Gasteiger partial charge is 0.352 e. The standard InChI is InChI=1S/C13H22N2O3/c1-3-5-6-10(4-2)9-15-12(16)8-7-11(14-15)13(17)18/h10H,3-9H2,1-2H3,(H,17,18). The summed E-state index contributed by atoms with van der Waals surface area (Å²) in [5.41, 5.74) is 0.0972. The van der Waals surface area contributed by atoms with Crippen LogP contribution in [0.4, 0.5) is 0 Å². The second-order valence-electron chi connectivity index (χ2n) is 4.74. The molecule has 5 nitrogen and oxygen atoms in total. The van der Waals surface area contributed by atoms with E-state index in [-0.39, 0.29) is 24.5 Å². The first-order valence-corrected chi connectivity index (χ1v) is 6.69. The number of aliphatic carboxylic acids is 1. The van der Waals surface area contributed by atoms with Crippen molar-refractivity contribution in [2.75, 3.05) is 6.54 Å². The lowest BCUT2D eigenvalue weighted by molar-refractivity contribution is -0.133. The van der Waals surface area contributed by atoms with Crippen molar-refractivity contribution in [1.82, 2.24) is 5.01 Å². The van der Waals surface area contributed by atoms with Gasteiger partial charge in [0.2, 0.25) is 5.91 Å². The summed E-state index contributed by atoms with van der Waals surface area (Å²) in [4.78, 5) is 22.6. The van der Waals surface area contributed by atoms with Gasteiger partial charge in [-0.15, -0.1) is 0 Å². The van der Waals surface area contributed by atoms with Crippen LogP contribution in [0.25, 0.3) is 0 Å². The molecule has 18 heavy (non-hydrogen) atoms. The van der Waals surface area contributed by atoms with Gasteiger partial charge in [0.25, 0.3) is 0 Å². The zero-order valence-corrected chi connectivity index (χ0v) is 11.2. The van der Waals surface area contributed by atoms with E-state index in [4.69, 9.17) is 5.11 Å². The molecule has 1 aliphatic rings. The van der Waals surface area contributed by atoms with Gasteiger partial charge in [0.15, 0.2) is 0 Å². The number of rotatable bonds is 7. The summed E-state index contributed by atoms with van der Waals surface area (Å²) in [5.74, 6) is -0.671. The zero-order chi connectivity index (χ0) is 13.5. The highest BCUT2D eigenvalue weighted by molar-refractivity contribution is 6.36. The normalized spacial score (nSPS) is 17.6. The Hall–Kier alpha value is -1.39. The number of amides is 1. The summed E-state index contributed by atoms with van der Waals surface area (Å²) in [7, 11) is 0. The minimum Gasteiger partial charge on any atom is -0.477 e. The van der Waals surface area contributed by atoms with Gasteiger partial charge in [-0.2, -0.15) is 5.10 Å². The van der Waals surface area contributed by atoms with Crippen molar-refractivity contribution in [3.05, 3.63) is 0 Å². The molecule has 0 bridgehead atoms. The first-order valence-electron chi connectivity index (χ1n) is 6.69. The van der Waals surface area contributed by atoms with E-state index in [1.807, 2.05) is 0 Å². The lowest BCUT2D eigenvalue weighted by atomic mass is 9.99. The van der Waals surface area contributed by atoms with Crippen molar-refractivity contribution in [1.29, 1.82) is 0 Å². The highest BCUT2D eigenvalue weighted by Crippen LogP contribution is 2.18. The second kappa shape index (κ2) is 7.13. The number of carbonyl (C=O) groups is 2. The molecule has 0 radical (unpaired) electrons. The Labute approximate surface area is 108 Å². The number of unbranched alkanes of at least 4 members (excludes halogenated alkanes) is 1. The minimum atomic E-state index is -1.02. The van der Waals surface area contributed by atoms with Crippen LogP contribution < -0.4 is 0 Å². The number of carboxylic acids is 1. The van der Waals surface area contributed by atoms with Gasteiger partial charge < -0.3 is 5.11 Å². The van der Waals surface area contributed by atoms with Crippen molar-refractivity contribution in [2.24, 2.45) is 11.0 Å². The summed E-state index contributed by atoms with van der Waals surface area (Å²) >= 11 is 0. The Balaban J connectivity index is 2.64. The molecule has 0 saturated heterocycles. The summed E-state index contributed by atoms with van der Waals surface area (Å²) in [6.07, 6.45) is 4.83. The number of carbonyl (C=O) groups excluding carboxylic acids is 1. The van der Waals surface area contributed by atoms with Gasteiger partial charge in [-0.3, -0.25) is 4.79 Å². The van der Waals surface area contributed by atoms with E-state index >= 15 is 0 Å². The number of nitrogens with zero attached hydrogens (tertiary/aromatic N) is 2. The number of carboxylic acid groups (broad SMARTS) is 1. The van der Waals surface area contributed by atoms with Gasteiger partial charge in [0.1, 0.15) is 5.71 Å². The molecular weight excluding hydrogens is 232 g/mol. The SMILES string of the molecule is CCCCC(CC)CN1N=C(C(=O)O)CCC1=O. The Morgan fingerprint density at radius 1 is 1.44 bits per heavy atom. The Bertz CT molecular complexity index is 339. The predicted octanol–water partition coefficient (Wildman–Crippen LogP) is 2.27. The van der Waals surface area contributed by atoms with Crippen LogP contribution in [0.1, 0.15) is 52.4 Å². The van der Waals surface area contributed by atoms with Crippen molar-refractivity contribution in [3.8, 4) is 0 Å². The van der Waals surface area contributed by atoms with Crippen LogP contribution in [0.3, 0.4) is 0 Å². The van der Waals surface area contributed by atoms with E-state index in [0.29, 0.717) is 12.5 Å². The third-order valence-corrected chi connectivity index (χ3v) is 3.33. The average Bonchev–Trinajstić information content (AvgIpc) is 2.36. The molecule has 1 aliphatic heterocycles. The van der Waals surface area contributed by atoms with E-state index < -0.39 is 5.97 Å². The quantitative estimate of drug-likeness (QED) is 0.757. The third-order valence-electron chi connectivity index (χ3n) is 3.33. The van der Waals surface area contributed by atoms with E-state index in [1.165, 1.54) is 5.01 Å². The highest BCUT2D eigenvalue weighted by atomic mass is 16.4. The zero-order valence-electron chi connectivity index (χ0n) is 11.2. The fourth-order valence-electron chi connectivity index (χ4n) is 2.06. The molecule has 5 heteroatoms. The summed E-state index contributed by atoms with van der Waals surface area (Å²) in [5, 5.41) is 14.2. The van der Waals surface area contributed by atoms with Crippen LogP contribution in [-0.4, -0.2) is 34.2 Å². The first kappa shape index (κ1) is 14.7. The van der Waals surface area contributed by atoms with Gasteiger partial charge in [0.05, 0.1) is 0 Å². The van der Waals surface area contributed by atoms with Crippen LogP contribution in [-0.2, 0) is 9.59 Å². The Morgan fingerprint density at radius 3 is 2.72 bits per heavy atom. The van der Waals surface area contributed by atoms with Crippen LogP contribution in [0, 0.1) is 5.92 Å². The minimum absolute atomic E-state index is 0.0602. The molecule has 0 aromatic heterocycles. The van der Waals surface area contributed by atoms with Gasteiger partial charge in [-0.1, -0.05) is 33.1 Å². The van der Waals surface area contributed by atoms with Crippen LogP contribution in [0.5, 0.6) is 0 Å². The maximum Gasteiger partial charge on any atom is 0.352 e. The van der Waals surface area contributed by atoms with E-state index in [0.717, 1.165) is 25.7 Å². The third kappa shape index (κ3) is 4.13. The topological polar surface area (TPSA) is 70.0 Å². The van der Waals surface area contributed by atoms with E-state index in [2.05, 4.69) is 18.9 Å². The monoisotopic (exact) mass is 254 g/mol. The Kier molecular flexibility index (Phi) is 5.82. The molecule has 0 saturated carbocycles. The van der Waals surface area contributed by atoms with E-state index in [1.54, 1.807) is 0 Å². The largest absolute Gasteiger partial charge is 0.477 e. The summed E-state index contributed by atoms with van der Waals surface area (Å²) in [6, 6.07) is 0. The predicted molar refractivity (Wildman–Crippen MR) is 69.3 cm³/mol. The Morgan fingerprint density at radius 2 is 2.17 bits per heavy atom.